The summed E-state index contributed by atoms with van der Waals surface area (Å²) in [6.45, 7) is 0. The number of hydrogen-bond donors (Lipinski definition) is 1. The third-order valence-corrected chi connectivity index (χ3v) is 3.63. The van der Waals surface area contributed by atoms with Crippen molar-refractivity contribution in [1.82, 2.24) is 0 Å². The summed E-state index contributed by atoms with van der Waals surface area (Å²) >= 11 is 0. The van der Waals surface area contributed by atoms with Crippen LogP contribution in [0.2, 0.25) is 0 Å². The van der Waals surface area contributed by atoms with Crippen LogP contribution in [-0.2, 0) is 13.8 Å². The number of carboxylic acids is 1. The first-order chi connectivity index (χ1) is 7.20. The summed E-state index contributed by atoms with van der Waals surface area (Å²) in [7, 11) is 2.65. The van der Waals surface area contributed by atoms with Crippen LogP contribution in [0.25, 0.3) is 0 Å². The second kappa shape index (κ2) is 10.3. The predicted molar refractivity (Wildman–Crippen MR) is 61.1 cm³/mol. The van der Waals surface area contributed by atoms with Crippen molar-refractivity contribution in [3.63, 3.8) is 0 Å². The van der Waals surface area contributed by atoms with Crippen LogP contribution < -0.4 is 0 Å². The van der Waals surface area contributed by atoms with Crippen LogP contribution >= 0.6 is 8.38 Å². The lowest BCUT2D eigenvalue weighted by atomic mass is 10.1. The van der Waals surface area contributed by atoms with E-state index in [1.807, 2.05) is 0 Å². The van der Waals surface area contributed by atoms with Gasteiger partial charge in [-0.05, 0) is 12.8 Å². The predicted octanol–water partition coefficient (Wildman–Crippen LogP) is 3.02. The molecule has 0 aromatic rings. The minimum absolute atomic E-state index is 0.294. The molecular formula is C10H21O4P. The van der Waals surface area contributed by atoms with Crippen molar-refractivity contribution in [2.24, 2.45) is 0 Å². The second-order valence-electron chi connectivity index (χ2n) is 3.33. The van der Waals surface area contributed by atoms with E-state index in [2.05, 4.69) is 0 Å². The lowest BCUT2D eigenvalue weighted by molar-refractivity contribution is -0.137. The number of unbranched alkanes of at least 4 members (excludes halogenated alkanes) is 4. The molecule has 15 heavy (non-hydrogen) atoms. The van der Waals surface area contributed by atoms with Gasteiger partial charge in [-0.3, -0.25) is 4.79 Å². The maximum Gasteiger partial charge on any atom is 0.303 e. The summed E-state index contributed by atoms with van der Waals surface area (Å²) < 4.78 is 10.2. The van der Waals surface area contributed by atoms with Crippen LogP contribution in [0.5, 0.6) is 0 Å². The molecule has 0 unspecified atom stereocenters. The largest absolute Gasteiger partial charge is 0.481 e. The van der Waals surface area contributed by atoms with Crippen LogP contribution in [0.3, 0.4) is 0 Å². The first kappa shape index (κ1) is 14.8. The van der Waals surface area contributed by atoms with Crippen molar-refractivity contribution in [3.05, 3.63) is 0 Å². The Morgan fingerprint density at radius 3 is 2.13 bits per heavy atom. The van der Waals surface area contributed by atoms with E-state index >= 15 is 0 Å². The van der Waals surface area contributed by atoms with Gasteiger partial charge in [-0.15, -0.1) is 0 Å². The molecule has 0 rings (SSSR count). The Morgan fingerprint density at radius 2 is 1.60 bits per heavy atom. The standard InChI is InChI=1S/C10H21O4P/c1-13-15(14-2)9-7-5-3-4-6-8-10(11)12/h3-9H2,1-2H3,(H,11,12). The van der Waals surface area contributed by atoms with E-state index < -0.39 is 14.3 Å². The van der Waals surface area contributed by atoms with Crippen molar-refractivity contribution in [3.8, 4) is 0 Å². The molecule has 0 fully saturated rings. The van der Waals surface area contributed by atoms with E-state index in [1.165, 1.54) is 0 Å². The van der Waals surface area contributed by atoms with Crippen LogP contribution in [-0.4, -0.2) is 31.5 Å². The molecule has 0 bridgehead atoms. The van der Waals surface area contributed by atoms with Gasteiger partial charge in [-0.25, -0.2) is 0 Å². The van der Waals surface area contributed by atoms with Crippen molar-refractivity contribution in [1.29, 1.82) is 0 Å². The molecule has 0 aromatic heterocycles. The maximum absolute atomic E-state index is 10.2. The minimum atomic E-state index is -0.697. The van der Waals surface area contributed by atoms with E-state index in [9.17, 15) is 4.79 Å². The minimum Gasteiger partial charge on any atom is -0.481 e. The molecule has 0 aromatic carbocycles. The molecule has 0 aliphatic heterocycles. The highest BCUT2D eigenvalue weighted by atomic mass is 31.2. The number of aliphatic carboxylic acids is 1. The van der Waals surface area contributed by atoms with Gasteiger partial charge in [0.05, 0.1) is 0 Å². The van der Waals surface area contributed by atoms with Gasteiger partial charge in [-0.1, -0.05) is 19.3 Å². The van der Waals surface area contributed by atoms with Gasteiger partial charge in [0.1, 0.15) is 0 Å². The highest BCUT2D eigenvalue weighted by molar-refractivity contribution is 7.47. The molecule has 1 N–H and O–H groups in total. The fourth-order valence-corrected chi connectivity index (χ4v) is 2.30. The van der Waals surface area contributed by atoms with Gasteiger partial charge >= 0.3 is 5.97 Å². The van der Waals surface area contributed by atoms with Gasteiger partial charge in [0.2, 0.25) is 0 Å². The Kier molecular flexibility index (Phi) is 10.2. The van der Waals surface area contributed by atoms with Crippen molar-refractivity contribution in [2.75, 3.05) is 20.4 Å². The number of carbonyl (C=O) groups is 1. The molecule has 0 saturated carbocycles. The van der Waals surface area contributed by atoms with Gasteiger partial charge < -0.3 is 14.2 Å². The Hall–Kier alpha value is -0.180. The lowest BCUT2D eigenvalue weighted by Gasteiger charge is -2.11. The van der Waals surface area contributed by atoms with Gasteiger partial charge in [0.25, 0.3) is 0 Å². The second-order valence-corrected chi connectivity index (χ2v) is 5.18. The number of rotatable bonds is 10. The van der Waals surface area contributed by atoms with Crippen LogP contribution in [0.1, 0.15) is 38.5 Å². The molecule has 0 aliphatic carbocycles. The summed E-state index contributed by atoms with van der Waals surface area (Å²) in [4.78, 5) is 10.2. The van der Waals surface area contributed by atoms with Crippen molar-refractivity contribution in [2.45, 2.75) is 38.5 Å². The Morgan fingerprint density at radius 1 is 1.07 bits per heavy atom. The third kappa shape index (κ3) is 10.1. The van der Waals surface area contributed by atoms with Gasteiger partial charge in [0.15, 0.2) is 8.38 Å². The fourth-order valence-electron chi connectivity index (χ4n) is 1.30. The average Bonchev–Trinajstić information content (AvgIpc) is 2.22. The van der Waals surface area contributed by atoms with Crippen LogP contribution in [0.4, 0.5) is 0 Å². The molecule has 0 atom stereocenters. The zero-order valence-corrected chi connectivity index (χ0v) is 10.5. The average molecular weight is 236 g/mol. The zero-order chi connectivity index (χ0) is 11.5. The summed E-state index contributed by atoms with van der Waals surface area (Å²) in [6, 6.07) is 0. The van der Waals surface area contributed by atoms with E-state index in [1.54, 1.807) is 14.2 Å². The van der Waals surface area contributed by atoms with E-state index in [4.69, 9.17) is 14.2 Å². The molecule has 4 nitrogen and oxygen atoms in total. The lowest BCUT2D eigenvalue weighted by Crippen LogP contribution is -1.94. The van der Waals surface area contributed by atoms with E-state index in [0.29, 0.717) is 6.42 Å². The molecule has 0 spiro atoms. The molecular weight excluding hydrogens is 215 g/mol. The molecule has 90 valence electrons. The number of carboxylic acid groups (broad SMARTS) is 1. The monoisotopic (exact) mass is 236 g/mol. The molecule has 0 amide bonds. The highest BCUT2D eigenvalue weighted by Crippen LogP contribution is 2.36. The molecule has 0 aliphatic rings. The van der Waals surface area contributed by atoms with Crippen molar-refractivity contribution >= 4 is 14.3 Å². The Labute approximate surface area is 92.9 Å². The van der Waals surface area contributed by atoms with Gasteiger partial charge in [-0.2, -0.15) is 0 Å². The maximum atomic E-state index is 10.2. The quantitative estimate of drug-likeness (QED) is 0.468. The molecule has 0 saturated heterocycles. The van der Waals surface area contributed by atoms with Crippen LogP contribution in [0, 0.1) is 0 Å². The molecule has 0 heterocycles. The topological polar surface area (TPSA) is 55.8 Å². The Bertz CT molecular complexity index is 160. The van der Waals surface area contributed by atoms with Gasteiger partial charge in [0, 0.05) is 26.8 Å². The summed E-state index contributed by atoms with van der Waals surface area (Å²) in [5, 5.41) is 8.42. The molecule has 5 heteroatoms. The van der Waals surface area contributed by atoms with E-state index in [0.717, 1.165) is 38.3 Å². The highest BCUT2D eigenvalue weighted by Gasteiger charge is 2.04. The number of hydrogen-bond acceptors (Lipinski definition) is 3. The first-order valence-electron chi connectivity index (χ1n) is 5.28. The Balaban J connectivity index is 3.14. The van der Waals surface area contributed by atoms with Crippen molar-refractivity contribution < 1.29 is 18.9 Å². The fraction of sp³-hybridized carbons (Fsp3) is 0.900. The summed E-state index contributed by atoms with van der Waals surface area (Å²) in [5.41, 5.74) is 0. The molecule has 0 radical (unpaired) electrons. The smallest absolute Gasteiger partial charge is 0.303 e. The van der Waals surface area contributed by atoms with Crippen LogP contribution in [0.15, 0.2) is 0 Å². The SMILES string of the molecule is COP(CCCCCCCC(=O)O)OC. The zero-order valence-electron chi connectivity index (χ0n) is 9.57. The summed E-state index contributed by atoms with van der Waals surface area (Å²) in [5.74, 6) is -0.697. The summed E-state index contributed by atoms with van der Waals surface area (Å²) in [6.07, 6.45) is 6.39. The first-order valence-corrected chi connectivity index (χ1v) is 6.64. The van der Waals surface area contributed by atoms with E-state index in [-0.39, 0.29) is 0 Å². The third-order valence-electron chi connectivity index (χ3n) is 2.14. The normalized spacial score (nSPS) is 10.9.